The van der Waals surface area contributed by atoms with E-state index in [4.69, 9.17) is 16.0 Å². The van der Waals surface area contributed by atoms with E-state index in [2.05, 4.69) is 25.1 Å². The first-order chi connectivity index (χ1) is 12.2. The molecule has 0 aliphatic carbocycles. The van der Waals surface area contributed by atoms with Crippen LogP contribution in [0.2, 0.25) is 5.02 Å². The van der Waals surface area contributed by atoms with Gasteiger partial charge in [-0.2, -0.15) is 0 Å². The molecule has 7 nitrogen and oxygen atoms in total. The van der Waals surface area contributed by atoms with Crippen LogP contribution in [0.4, 0.5) is 0 Å². The molecule has 25 heavy (non-hydrogen) atoms. The number of aromatic amines is 1. The normalized spacial score (nSPS) is 11.6. The van der Waals surface area contributed by atoms with Gasteiger partial charge in [-0.1, -0.05) is 11.6 Å². The van der Waals surface area contributed by atoms with Gasteiger partial charge in [0.05, 0.1) is 5.52 Å². The SMILES string of the molecule is O=c1[nH]c2ncccc2cc1-c1nnc2c3cc(Cl)ccc3nc-2o1. The molecule has 2 aromatic heterocycles. The Balaban J connectivity index is 1.76. The molecule has 2 aliphatic rings. The van der Waals surface area contributed by atoms with Crippen molar-refractivity contribution >= 4 is 33.5 Å². The van der Waals surface area contributed by atoms with Crippen molar-refractivity contribution in [1.29, 1.82) is 0 Å². The number of H-pyrrole nitrogens is 1. The number of benzene rings is 1. The first-order valence-corrected chi connectivity index (χ1v) is 7.78. The fraction of sp³-hybridized carbons (Fsp3) is 0. The average molecular weight is 350 g/mol. The molecule has 0 spiro atoms. The zero-order valence-electron chi connectivity index (χ0n) is 12.5. The Kier molecular flexibility index (Phi) is 2.86. The molecule has 4 heterocycles. The number of fused-ring (bicyclic) bond motifs is 4. The van der Waals surface area contributed by atoms with Crippen LogP contribution in [-0.2, 0) is 0 Å². The maximum Gasteiger partial charge on any atom is 0.262 e. The minimum absolute atomic E-state index is 0.0911. The van der Waals surface area contributed by atoms with Gasteiger partial charge in [-0.25, -0.2) is 9.97 Å². The molecule has 8 heteroatoms. The average Bonchev–Trinajstić information content (AvgIpc) is 2.98. The largest absolute Gasteiger partial charge is 0.416 e. The van der Waals surface area contributed by atoms with Gasteiger partial charge in [0.15, 0.2) is 5.69 Å². The molecule has 3 aromatic rings. The maximum absolute atomic E-state index is 12.3. The summed E-state index contributed by atoms with van der Waals surface area (Å²) in [6.07, 6.45) is 1.61. The van der Waals surface area contributed by atoms with Crippen molar-refractivity contribution in [2.75, 3.05) is 0 Å². The van der Waals surface area contributed by atoms with Crippen molar-refractivity contribution in [2.24, 2.45) is 0 Å². The standard InChI is InChI=1S/C17H8ClN5O2/c18-9-3-4-12-10(7-9)13-17(20-12)25-16(23-22-13)11-6-8-2-1-5-19-14(8)21-15(11)24/h1-7H,(H,19,21,24). The highest BCUT2D eigenvalue weighted by atomic mass is 35.5. The predicted octanol–water partition coefficient (Wildman–Crippen LogP) is 3.28. The van der Waals surface area contributed by atoms with Gasteiger partial charge < -0.3 is 9.40 Å². The molecule has 1 N–H and O–H groups in total. The zero-order chi connectivity index (χ0) is 17.0. The van der Waals surface area contributed by atoms with Crippen molar-refractivity contribution in [3.63, 3.8) is 0 Å². The third-order valence-electron chi connectivity index (χ3n) is 3.92. The van der Waals surface area contributed by atoms with E-state index in [1.54, 1.807) is 36.5 Å². The molecular weight excluding hydrogens is 342 g/mol. The maximum atomic E-state index is 12.3. The van der Waals surface area contributed by atoms with Crippen LogP contribution in [0.1, 0.15) is 0 Å². The zero-order valence-corrected chi connectivity index (χ0v) is 13.3. The topological polar surface area (TPSA) is 97.6 Å². The lowest BCUT2D eigenvalue weighted by Crippen LogP contribution is -2.10. The Morgan fingerprint density at radius 3 is 2.92 bits per heavy atom. The molecule has 120 valence electrons. The molecule has 2 aliphatic heterocycles. The van der Waals surface area contributed by atoms with Crippen LogP contribution in [0.3, 0.4) is 0 Å². The summed E-state index contributed by atoms with van der Waals surface area (Å²) in [6.45, 7) is 0. The van der Waals surface area contributed by atoms with E-state index in [9.17, 15) is 4.79 Å². The van der Waals surface area contributed by atoms with Crippen molar-refractivity contribution in [3.8, 4) is 23.0 Å². The minimum atomic E-state index is -0.359. The number of aromatic nitrogens is 5. The van der Waals surface area contributed by atoms with Crippen LogP contribution >= 0.6 is 11.6 Å². The fourth-order valence-corrected chi connectivity index (χ4v) is 2.92. The molecule has 0 unspecified atom stereocenters. The summed E-state index contributed by atoms with van der Waals surface area (Å²) < 4.78 is 5.73. The van der Waals surface area contributed by atoms with Gasteiger partial charge in [0.25, 0.3) is 17.3 Å². The van der Waals surface area contributed by atoms with Crippen LogP contribution in [0.25, 0.3) is 45.0 Å². The molecule has 0 atom stereocenters. The molecule has 0 amide bonds. The molecular formula is C17H8ClN5O2. The van der Waals surface area contributed by atoms with Gasteiger partial charge in [-0.05, 0) is 36.4 Å². The van der Waals surface area contributed by atoms with Crippen molar-refractivity contribution in [2.45, 2.75) is 0 Å². The van der Waals surface area contributed by atoms with Crippen LogP contribution in [0.15, 0.2) is 51.8 Å². The van der Waals surface area contributed by atoms with Crippen molar-refractivity contribution in [1.82, 2.24) is 25.1 Å². The smallest absolute Gasteiger partial charge is 0.262 e. The van der Waals surface area contributed by atoms with Crippen LogP contribution in [-0.4, -0.2) is 25.1 Å². The first kappa shape index (κ1) is 14.1. The molecule has 0 radical (unpaired) electrons. The Morgan fingerprint density at radius 1 is 1.08 bits per heavy atom. The molecule has 0 saturated heterocycles. The van der Waals surface area contributed by atoms with Gasteiger partial charge >= 0.3 is 0 Å². The lowest BCUT2D eigenvalue weighted by molar-refractivity contribution is 0.530. The van der Waals surface area contributed by atoms with Gasteiger partial charge in [-0.3, -0.25) is 4.79 Å². The minimum Gasteiger partial charge on any atom is -0.416 e. The van der Waals surface area contributed by atoms with Crippen molar-refractivity contribution in [3.05, 3.63) is 58.0 Å². The Labute approximate surface area is 144 Å². The second kappa shape index (κ2) is 5.09. The van der Waals surface area contributed by atoms with Crippen molar-refractivity contribution < 1.29 is 4.42 Å². The van der Waals surface area contributed by atoms with Crippen LogP contribution in [0.5, 0.6) is 0 Å². The Hall–Kier alpha value is -3.32. The number of hydrogen-bond donors (Lipinski definition) is 1. The van der Waals surface area contributed by atoms with Gasteiger partial charge in [0, 0.05) is 22.0 Å². The van der Waals surface area contributed by atoms with Crippen LogP contribution < -0.4 is 5.56 Å². The van der Waals surface area contributed by atoms with E-state index in [1.807, 2.05) is 6.07 Å². The Bertz CT molecular complexity index is 1290. The molecule has 0 saturated carbocycles. The third kappa shape index (κ3) is 2.17. The monoisotopic (exact) mass is 349 g/mol. The van der Waals surface area contributed by atoms with E-state index in [0.29, 0.717) is 27.8 Å². The van der Waals surface area contributed by atoms with E-state index < -0.39 is 0 Å². The number of halogens is 1. The summed E-state index contributed by atoms with van der Waals surface area (Å²) in [6, 6.07) is 10.6. The highest BCUT2D eigenvalue weighted by molar-refractivity contribution is 6.31. The highest BCUT2D eigenvalue weighted by Gasteiger charge is 2.20. The predicted molar refractivity (Wildman–Crippen MR) is 92.6 cm³/mol. The number of nitrogens with one attached hydrogen (secondary N) is 1. The van der Waals surface area contributed by atoms with Gasteiger partial charge in [0.1, 0.15) is 11.2 Å². The number of rotatable bonds is 1. The fourth-order valence-electron chi connectivity index (χ4n) is 2.75. The summed E-state index contributed by atoms with van der Waals surface area (Å²) in [5.41, 5.74) is 1.60. The molecule has 1 aromatic carbocycles. The molecule has 5 rings (SSSR count). The summed E-state index contributed by atoms with van der Waals surface area (Å²) >= 11 is 6.02. The summed E-state index contributed by atoms with van der Waals surface area (Å²) in [5, 5.41) is 10.3. The summed E-state index contributed by atoms with van der Waals surface area (Å²) in [4.78, 5) is 23.5. The summed E-state index contributed by atoms with van der Waals surface area (Å²) in [7, 11) is 0. The number of pyridine rings is 2. The lowest BCUT2D eigenvalue weighted by Gasteiger charge is -2.02. The van der Waals surface area contributed by atoms with Gasteiger partial charge in [0.2, 0.25) is 0 Å². The van der Waals surface area contributed by atoms with Gasteiger partial charge in [-0.15, -0.1) is 10.2 Å². The van der Waals surface area contributed by atoms with E-state index in [0.717, 1.165) is 10.8 Å². The molecule has 0 bridgehead atoms. The number of hydrogen-bond acceptors (Lipinski definition) is 6. The second-order valence-electron chi connectivity index (χ2n) is 5.49. The lowest BCUT2D eigenvalue weighted by atomic mass is 10.2. The van der Waals surface area contributed by atoms with E-state index in [1.165, 1.54) is 0 Å². The van der Waals surface area contributed by atoms with Crippen LogP contribution in [0, 0.1) is 0 Å². The number of nitrogens with zero attached hydrogens (tertiary/aromatic N) is 4. The Morgan fingerprint density at radius 2 is 2.00 bits per heavy atom. The quantitative estimate of drug-likeness (QED) is 0.498. The summed E-state index contributed by atoms with van der Waals surface area (Å²) in [5.74, 6) is 0.390. The van der Waals surface area contributed by atoms with E-state index in [-0.39, 0.29) is 17.0 Å². The third-order valence-corrected chi connectivity index (χ3v) is 4.15. The first-order valence-electron chi connectivity index (χ1n) is 7.40. The highest BCUT2D eigenvalue weighted by Crippen LogP contribution is 2.32. The molecule has 0 fully saturated rings. The second-order valence-corrected chi connectivity index (χ2v) is 5.92. The van der Waals surface area contributed by atoms with E-state index >= 15 is 0 Å².